The van der Waals surface area contributed by atoms with E-state index in [2.05, 4.69) is 19.1 Å². The van der Waals surface area contributed by atoms with E-state index >= 15 is 0 Å². The smallest absolute Gasteiger partial charge is 0.308 e. The third kappa shape index (κ3) is 15.8. The Bertz CT molecular complexity index is 524. The normalized spacial score (nSPS) is 12.2. The van der Waals surface area contributed by atoms with Crippen molar-refractivity contribution in [3.8, 4) is 5.75 Å². The molecule has 3 heteroatoms. The van der Waals surface area contributed by atoms with Crippen LogP contribution < -0.4 is 4.74 Å². The molecule has 1 aromatic carbocycles. The van der Waals surface area contributed by atoms with Crippen LogP contribution in [0.4, 0.5) is 0 Å². The molecular formula is C26H42O3. The Morgan fingerprint density at radius 1 is 0.828 bits per heavy atom. The molecule has 0 aliphatic carbocycles. The van der Waals surface area contributed by atoms with Gasteiger partial charge < -0.3 is 9.47 Å². The molecule has 1 unspecified atom stereocenters. The molecule has 0 aliphatic rings. The first-order valence-corrected chi connectivity index (χ1v) is 11.8. The summed E-state index contributed by atoms with van der Waals surface area (Å²) in [4.78, 5) is 11.9. The first-order valence-electron chi connectivity index (χ1n) is 11.8. The lowest BCUT2D eigenvalue weighted by atomic mass is 10.1. The van der Waals surface area contributed by atoms with Crippen molar-refractivity contribution in [2.45, 2.75) is 110 Å². The Morgan fingerprint density at radius 2 is 1.38 bits per heavy atom. The van der Waals surface area contributed by atoms with Crippen LogP contribution in [-0.2, 0) is 9.53 Å². The van der Waals surface area contributed by atoms with Crippen molar-refractivity contribution in [2.75, 3.05) is 0 Å². The highest BCUT2D eigenvalue weighted by Crippen LogP contribution is 2.13. The summed E-state index contributed by atoms with van der Waals surface area (Å²) in [7, 11) is 0. The van der Waals surface area contributed by atoms with Crippen LogP contribution in [0.2, 0.25) is 0 Å². The topological polar surface area (TPSA) is 35.5 Å². The van der Waals surface area contributed by atoms with Gasteiger partial charge in [0.15, 0.2) is 0 Å². The first kappa shape index (κ1) is 25.3. The quantitative estimate of drug-likeness (QED) is 0.108. The maximum Gasteiger partial charge on any atom is 0.308 e. The predicted octanol–water partition coefficient (Wildman–Crippen LogP) is 7.99. The Hall–Kier alpha value is -1.77. The van der Waals surface area contributed by atoms with Crippen molar-refractivity contribution in [2.24, 2.45) is 0 Å². The predicted molar refractivity (Wildman–Crippen MR) is 122 cm³/mol. The minimum absolute atomic E-state index is 0.175. The van der Waals surface area contributed by atoms with Crippen molar-refractivity contribution < 1.29 is 14.3 Å². The largest absolute Gasteiger partial charge is 0.455 e. The fourth-order valence-electron chi connectivity index (χ4n) is 3.30. The van der Waals surface area contributed by atoms with Crippen LogP contribution in [0.5, 0.6) is 5.75 Å². The summed E-state index contributed by atoms with van der Waals surface area (Å²) < 4.78 is 10.9. The number of hydrogen-bond acceptors (Lipinski definition) is 3. The lowest BCUT2D eigenvalue weighted by Gasteiger charge is -2.15. The van der Waals surface area contributed by atoms with Crippen LogP contribution in [0, 0.1) is 0 Å². The number of para-hydroxylation sites is 1. The molecule has 1 atom stereocenters. The van der Waals surface area contributed by atoms with Crippen LogP contribution in [0.15, 0.2) is 42.5 Å². The number of carbonyl (C=O) groups is 1. The molecule has 0 N–H and O–H groups in total. The van der Waals surface area contributed by atoms with Crippen LogP contribution in [0.3, 0.4) is 0 Å². The average molecular weight is 403 g/mol. The van der Waals surface area contributed by atoms with Crippen molar-refractivity contribution in [1.29, 1.82) is 0 Å². The third-order valence-corrected chi connectivity index (χ3v) is 4.99. The molecule has 0 amide bonds. The third-order valence-electron chi connectivity index (χ3n) is 4.99. The second kappa shape index (κ2) is 18.3. The van der Waals surface area contributed by atoms with Crippen LogP contribution in [0.25, 0.3) is 0 Å². The van der Waals surface area contributed by atoms with E-state index in [1.165, 1.54) is 70.6 Å². The molecule has 1 aromatic rings. The SMILES string of the molecule is CCCCCCCC/C=C\CCCCCCCC(=O)OC(C)Oc1ccccc1. The number of unbranched alkanes of at least 4 members (excludes halogenated alkanes) is 11. The summed E-state index contributed by atoms with van der Waals surface area (Å²) in [6.07, 6.45) is 20.9. The first-order chi connectivity index (χ1) is 14.2. The van der Waals surface area contributed by atoms with E-state index in [4.69, 9.17) is 9.47 Å². The Morgan fingerprint density at radius 3 is 2.00 bits per heavy atom. The maximum absolute atomic E-state index is 11.9. The lowest BCUT2D eigenvalue weighted by molar-refractivity contribution is -0.161. The molecule has 0 aliphatic heterocycles. The molecule has 164 valence electrons. The zero-order valence-corrected chi connectivity index (χ0v) is 18.7. The van der Waals surface area contributed by atoms with Gasteiger partial charge in [0.2, 0.25) is 6.29 Å². The van der Waals surface area contributed by atoms with Gasteiger partial charge in [-0.1, -0.05) is 88.6 Å². The molecule has 0 saturated heterocycles. The van der Waals surface area contributed by atoms with Crippen molar-refractivity contribution >= 4 is 5.97 Å². The highest BCUT2D eigenvalue weighted by Gasteiger charge is 2.10. The van der Waals surface area contributed by atoms with Gasteiger partial charge in [0.05, 0.1) is 0 Å². The fraction of sp³-hybridized carbons (Fsp3) is 0.654. The second-order valence-electron chi connectivity index (χ2n) is 7.82. The zero-order valence-electron chi connectivity index (χ0n) is 18.7. The summed E-state index contributed by atoms with van der Waals surface area (Å²) in [6, 6.07) is 9.43. The molecule has 0 bridgehead atoms. The number of esters is 1. The van der Waals surface area contributed by atoms with Crippen LogP contribution >= 0.6 is 0 Å². The van der Waals surface area contributed by atoms with E-state index < -0.39 is 6.29 Å². The number of carbonyl (C=O) groups excluding carboxylic acids is 1. The van der Waals surface area contributed by atoms with E-state index in [9.17, 15) is 4.79 Å². The number of allylic oxidation sites excluding steroid dienone is 2. The second-order valence-corrected chi connectivity index (χ2v) is 7.82. The van der Waals surface area contributed by atoms with Gasteiger partial charge in [-0.3, -0.25) is 4.79 Å². The van der Waals surface area contributed by atoms with Crippen LogP contribution in [-0.4, -0.2) is 12.3 Å². The van der Waals surface area contributed by atoms with E-state index in [0.29, 0.717) is 12.2 Å². The number of benzene rings is 1. The molecule has 29 heavy (non-hydrogen) atoms. The summed E-state index contributed by atoms with van der Waals surface area (Å²) in [5.41, 5.74) is 0. The summed E-state index contributed by atoms with van der Waals surface area (Å²) >= 11 is 0. The highest BCUT2D eigenvalue weighted by atomic mass is 16.7. The van der Waals surface area contributed by atoms with E-state index in [1.807, 2.05) is 30.3 Å². The number of hydrogen-bond donors (Lipinski definition) is 0. The van der Waals surface area contributed by atoms with Gasteiger partial charge in [-0.25, -0.2) is 0 Å². The molecule has 0 heterocycles. The van der Waals surface area contributed by atoms with Crippen molar-refractivity contribution in [3.05, 3.63) is 42.5 Å². The minimum atomic E-state index is -0.548. The van der Waals surface area contributed by atoms with Gasteiger partial charge in [0, 0.05) is 13.3 Å². The van der Waals surface area contributed by atoms with Gasteiger partial charge >= 0.3 is 5.97 Å². The summed E-state index contributed by atoms with van der Waals surface area (Å²) in [6.45, 7) is 4.02. The molecule has 3 nitrogen and oxygen atoms in total. The lowest BCUT2D eigenvalue weighted by Crippen LogP contribution is -2.20. The summed E-state index contributed by atoms with van der Waals surface area (Å²) in [5, 5.41) is 0. The maximum atomic E-state index is 11.9. The molecule has 0 aromatic heterocycles. The molecular weight excluding hydrogens is 360 g/mol. The van der Waals surface area contributed by atoms with Crippen molar-refractivity contribution in [1.82, 2.24) is 0 Å². The molecule has 0 radical (unpaired) electrons. The standard InChI is InChI=1S/C26H42O3/c1-3-4-5-6-7-8-9-10-11-12-13-14-15-16-20-23-26(27)29-24(2)28-25-21-18-17-19-22-25/h10-11,17-19,21-22,24H,3-9,12-16,20,23H2,1-2H3/b11-10-. The van der Waals surface area contributed by atoms with Gasteiger partial charge in [-0.05, 0) is 44.2 Å². The van der Waals surface area contributed by atoms with E-state index in [1.54, 1.807) is 6.92 Å². The van der Waals surface area contributed by atoms with Gasteiger partial charge in [-0.15, -0.1) is 0 Å². The Kier molecular flexibility index (Phi) is 15.9. The zero-order chi connectivity index (χ0) is 21.0. The van der Waals surface area contributed by atoms with Crippen molar-refractivity contribution in [3.63, 3.8) is 0 Å². The van der Waals surface area contributed by atoms with Gasteiger partial charge in [0.25, 0.3) is 0 Å². The van der Waals surface area contributed by atoms with Gasteiger partial charge in [-0.2, -0.15) is 0 Å². The number of ether oxygens (including phenoxy) is 2. The summed E-state index contributed by atoms with van der Waals surface area (Å²) in [5.74, 6) is 0.542. The Labute approximate surface area is 178 Å². The average Bonchev–Trinajstić information content (AvgIpc) is 2.71. The minimum Gasteiger partial charge on any atom is -0.455 e. The molecule has 0 spiro atoms. The monoisotopic (exact) mass is 402 g/mol. The Balaban J connectivity index is 1.87. The highest BCUT2D eigenvalue weighted by molar-refractivity contribution is 5.69. The fourth-order valence-corrected chi connectivity index (χ4v) is 3.30. The van der Waals surface area contributed by atoms with Crippen LogP contribution in [0.1, 0.15) is 104 Å². The molecule has 1 rings (SSSR count). The molecule has 0 saturated carbocycles. The van der Waals surface area contributed by atoms with E-state index in [-0.39, 0.29) is 5.97 Å². The molecule has 0 fully saturated rings. The number of rotatable bonds is 18. The van der Waals surface area contributed by atoms with Gasteiger partial charge in [0.1, 0.15) is 5.75 Å². The van der Waals surface area contributed by atoms with E-state index in [0.717, 1.165) is 12.8 Å².